The van der Waals surface area contributed by atoms with E-state index < -0.39 is 81.4 Å². The van der Waals surface area contributed by atoms with Crippen LogP contribution in [0.3, 0.4) is 0 Å². The fourth-order valence-electron chi connectivity index (χ4n) is 6.56. The van der Waals surface area contributed by atoms with E-state index in [0.29, 0.717) is 11.1 Å². The summed E-state index contributed by atoms with van der Waals surface area (Å²) in [7, 11) is 6.35. The molecular formula is C27H33N3O9. The van der Waals surface area contributed by atoms with E-state index in [-0.39, 0.29) is 24.3 Å². The lowest BCUT2D eigenvalue weighted by Gasteiger charge is -2.53. The van der Waals surface area contributed by atoms with Gasteiger partial charge in [0.1, 0.15) is 22.8 Å². The first-order chi connectivity index (χ1) is 18.1. The number of phenols is 1. The molecule has 0 aromatic heterocycles. The number of amides is 1. The van der Waals surface area contributed by atoms with Crippen molar-refractivity contribution in [2.45, 2.75) is 37.0 Å². The van der Waals surface area contributed by atoms with Gasteiger partial charge in [0, 0.05) is 17.9 Å². The normalized spacial score (nSPS) is 30.4. The Morgan fingerprint density at radius 1 is 1.08 bits per heavy atom. The van der Waals surface area contributed by atoms with Gasteiger partial charge in [-0.3, -0.25) is 24.1 Å². The maximum Gasteiger partial charge on any atom is 0.255 e. The smallest absolute Gasteiger partial charge is 0.255 e. The summed E-state index contributed by atoms with van der Waals surface area (Å²) >= 11 is 0. The highest BCUT2D eigenvalue weighted by Gasteiger charge is 2.68. The van der Waals surface area contributed by atoms with Gasteiger partial charge in [-0.15, -0.1) is 0 Å². The molecule has 12 nitrogen and oxygen atoms in total. The van der Waals surface area contributed by atoms with Gasteiger partial charge in [0.25, 0.3) is 5.91 Å². The molecule has 4 rings (SSSR count). The van der Waals surface area contributed by atoms with Gasteiger partial charge in [-0.1, -0.05) is 13.0 Å². The van der Waals surface area contributed by atoms with Crippen molar-refractivity contribution in [3.05, 3.63) is 45.7 Å². The lowest BCUT2D eigenvalue weighted by atomic mass is 9.54. The molecule has 1 aromatic carbocycles. The number of nitrogens with two attached hydrogens (primary N) is 1. The third kappa shape index (κ3) is 3.97. The molecule has 1 amide bonds. The standard InChI is InChI=1S/C27H33N3O9/c1-10-14-11(8-12(31)9-29(2)3)6-7-13(32)16(14)21(33)17-15(10)22(34)19-20(30(4)5)23(35)18(26(28)38)25(37)27(19,39)24(17)36/h6-7,10,15,19-20,22,32-34,37,39H,8-9H2,1-5H3,(H2,28,38)/t10-,15+,19+,20-,22-,27-/m1/s1. The predicted molar refractivity (Wildman–Crippen MR) is 138 cm³/mol. The van der Waals surface area contributed by atoms with Crippen LogP contribution in [0.5, 0.6) is 5.75 Å². The molecule has 0 heterocycles. The van der Waals surface area contributed by atoms with Gasteiger partial charge in [-0.2, -0.15) is 0 Å². The van der Waals surface area contributed by atoms with Crippen LogP contribution < -0.4 is 5.73 Å². The van der Waals surface area contributed by atoms with Gasteiger partial charge in [0.2, 0.25) is 5.78 Å². The van der Waals surface area contributed by atoms with E-state index in [1.807, 2.05) is 0 Å². The van der Waals surface area contributed by atoms with Gasteiger partial charge in [-0.25, -0.2) is 0 Å². The van der Waals surface area contributed by atoms with Crippen molar-refractivity contribution < 1.29 is 44.7 Å². The lowest BCUT2D eigenvalue weighted by Crippen LogP contribution is -2.70. The Labute approximate surface area is 224 Å². The fourth-order valence-corrected chi connectivity index (χ4v) is 6.56. The van der Waals surface area contributed by atoms with Crippen LogP contribution in [0.15, 0.2) is 29.0 Å². The van der Waals surface area contributed by atoms with E-state index >= 15 is 0 Å². The Bertz CT molecular complexity index is 1360. The van der Waals surface area contributed by atoms with E-state index in [0.717, 1.165) is 0 Å². The fraction of sp³-hybridized carbons (Fsp3) is 0.481. The number of rotatable bonds is 6. The summed E-state index contributed by atoms with van der Waals surface area (Å²) in [5, 5.41) is 56.4. The predicted octanol–water partition coefficient (Wildman–Crippen LogP) is -0.831. The van der Waals surface area contributed by atoms with E-state index in [2.05, 4.69) is 0 Å². The van der Waals surface area contributed by atoms with Crippen LogP contribution >= 0.6 is 0 Å². The second-order valence-electron chi connectivity index (χ2n) is 11.0. The van der Waals surface area contributed by atoms with Crippen LogP contribution in [-0.2, 0) is 25.6 Å². The Morgan fingerprint density at radius 3 is 2.23 bits per heavy atom. The van der Waals surface area contributed by atoms with Crippen LogP contribution in [-0.4, -0.2) is 111 Å². The molecule has 0 unspecified atom stereocenters. The Balaban J connectivity index is 1.99. The van der Waals surface area contributed by atoms with Gasteiger partial charge < -0.3 is 36.2 Å². The summed E-state index contributed by atoms with van der Waals surface area (Å²) in [5.74, 6) is -9.79. The van der Waals surface area contributed by atoms with Crippen LogP contribution in [0.25, 0.3) is 5.76 Å². The highest BCUT2D eigenvalue weighted by molar-refractivity contribution is 6.24. The monoisotopic (exact) mass is 543 g/mol. The Kier molecular flexibility index (Phi) is 6.97. The van der Waals surface area contributed by atoms with Gasteiger partial charge in [0.15, 0.2) is 17.2 Å². The highest BCUT2D eigenvalue weighted by atomic mass is 16.4. The number of phenolic OH excluding ortho intramolecular Hbond substituents is 1. The maximum atomic E-state index is 14.0. The third-order valence-electron chi connectivity index (χ3n) is 8.08. The molecule has 3 aliphatic rings. The summed E-state index contributed by atoms with van der Waals surface area (Å²) in [5.41, 5.74) is 1.56. The molecule has 0 bridgehead atoms. The number of Topliss-reactive ketones (excluding diaryl/α,β-unsaturated/α-hetero) is 3. The molecule has 7 N–H and O–H groups in total. The number of ketones is 3. The van der Waals surface area contributed by atoms with E-state index in [1.165, 1.54) is 31.1 Å². The number of likely N-dealkylation sites (N-methyl/N-ethyl adjacent to an activating group) is 2. The zero-order valence-electron chi connectivity index (χ0n) is 22.3. The third-order valence-corrected chi connectivity index (χ3v) is 8.08. The summed E-state index contributed by atoms with van der Waals surface area (Å²) in [4.78, 5) is 55.0. The number of nitrogens with zero attached hydrogens (tertiary/aromatic N) is 2. The minimum atomic E-state index is -2.97. The molecule has 1 saturated carbocycles. The highest BCUT2D eigenvalue weighted by Crippen LogP contribution is 2.56. The van der Waals surface area contributed by atoms with E-state index in [1.54, 1.807) is 25.9 Å². The largest absolute Gasteiger partial charge is 0.508 e. The number of aromatic hydroxyl groups is 1. The Morgan fingerprint density at radius 2 is 1.69 bits per heavy atom. The minimum absolute atomic E-state index is 0.0534. The number of aliphatic hydroxyl groups excluding tert-OH is 3. The molecule has 39 heavy (non-hydrogen) atoms. The topological polar surface area (TPSA) is 202 Å². The minimum Gasteiger partial charge on any atom is -0.508 e. The first-order valence-corrected chi connectivity index (χ1v) is 12.4. The number of fused-ring (bicyclic) bond motifs is 3. The number of primary amides is 1. The maximum absolute atomic E-state index is 14.0. The number of benzene rings is 1. The molecule has 3 aliphatic carbocycles. The lowest BCUT2D eigenvalue weighted by molar-refractivity contribution is -0.169. The van der Waals surface area contributed by atoms with Crippen LogP contribution in [0, 0.1) is 11.8 Å². The van der Waals surface area contributed by atoms with Crippen LogP contribution in [0.4, 0.5) is 0 Å². The molecule has 12 heteroatoms. The molecule has 0 radical (unpaired) electrons. The summed E-state index contributed by atoms with van der Waals surface area (Å²) in [6.45, 7) is 1.77. The zero-order chi connectivity index (χ0) is 29.3. The molecule has 6 atom stereocenters. The second kappa shape index (κ2) is 9.56. The molecule has 210 valence electrons. The van der Waals surface area contributed by atoms with Gasteiger partial charge in [-0.05, 0) is 51.3 Å². The molecule has 1 aromatic rings. The number of carbonyl (C=O) groups is 4. The average molecular weight is 544 g/mol. The molecular weight excluding hydrogens is 510 g/mol. The first kappa shape index (κ1) is 28.4. The summed E-state index contributed by atoms with van der Waals surface area (Å²) in [6.07, 6.45) is -1.75. The van der Waals surface area contributed by atoms with Crippen molar-refractivity contribution in [3.8, 4) is 5.75 Å². The van der Waals surface area contributed by atoms with Crippen molar-refractivity contribution in [2.24, 2.45) is 17.6 Å². The number of aliphatic hydroxyl groups is 4. The SMILES string of the molecule is C[C@@H]1c2c(CC(=O)CN(C)C)ccc(O)c2C(O)=C2C(=O)[C@@]3(O)C(O)=C(C(N)=O)C(=O)[C@H](N(C)C)[C@H]3[C@H](O)[C@H]21. The van der Waals surface area contributed by atoms with Crippen LogP contribution in [0.1, 0.15) is 29.5 Å². The van der Waals surface area contributed by atoms with Crippen molar-refractivity contribution in [1.82, 2.24) is 9.80 Å². The van der Waals surface area contributed by atoms with E-state index in [9.17, 15) is 44.7 Å². The summed E-state index contributed by atoms with van der Waals surface area (Å²) < 4.78 is 0. The van der Waals surface area contributed by atoms with Crippen molar-refractivity contribution in [2.75, 3.05) is 34.7 Å². The van der Waals surface area contributed by atoms with Gasteiger partial charge >= 0.3 is 0 Å². The second-order valence-corrected chi connectivity index (χ2v) is 11.0. The number of carbonyl (C=O) groups excluding carboxylic acids is 4. The van der Waals surface area contributed by atoms with Crippen molar-refractivity contribution in [3.63, 3.8) is 0 Å². The van der Waals surface area contributed by atoms with E-state index in [4.69, 9.17) is 5.73 Å². The van der Waals surface area contributed by atoms with Crippen LogP contribution in [0.2, 0.25) is 0 Å². The van der Waals surface area contributed by atoms with Crippen molar-refractivity contribution in [1.29, 1.82) is 0 Å². The number of hydrogen-bond acceptors (Lipinski definition) is 11. The summed E-state index contributed by atoms with van der Waals surface area (Å²) in [6, 6.07) is 1.37. The zero-order valence-corrected chi connectivity index (χ0v) is 22.3. The molecule has 0 aliphatic heterocycles. The average Bonchev–Trinajstić information content (AvgIpc) is 2.81. The quantitative estimate of drug-likeness (QED) is 0.245. The molecule has 1 fully saturated rings. The molecule has 0 spiro atoms. The Hall–Kier alpha value is -3.58. The number of hydrogen-bond donors (Lipinski definition) is 6. The van der Waals surface area contributed by atoms with Crippen molar-refractivity contribution >= 4 is 29.0 Å². The van der Waals surface area contributed by atoms with Gasteiger partial charge in [0.05, 0.1) is 30.2 Å². The molecule has 0 saturated heterocycles. The first-order valence-electron chi connectivity index (χ1n) is 12.4.